The van der Waals surface area contributed by atoms with Gasteiger partial charge in [0.1, 0.15) is 5.60 Å². The predicted octanol–water partition coefficient (Wildman–Crippen LogP) is 2.70. The predicted molar refractivity (Wildman–Crippen MR) is 75.7 cm³/mol. The fraction of sp³-hybridized carbons (Fsp3) is 0.750. The highest BCUT2D eigenvalue weighted by Crippen LogP contribution is 2.32. The van der Waals surface area contributed by atoms with Gasteiger partial charge in [-0.05, 0) is 52.4 Å². The Hall–Kier alpha value is -1.50. The van der Waals surface area contributed by atoms with E-state index in [1.807, 2.05) is 20.8 Å². The minimum atomic E-state index is -0.437. The molecule has 0 spiro atoms. The lowest BCUT2D eigenvalue weighted by atomic mass is 9.80. The van der Waals surface area contributed by atoms with Crippen molar-refractivity contribution in [2.45, 2.75) is 58.5 Å². The second-order valence-corrected chi connectivity index (χ2v) is 6.32. The molecule has 1 rings (SSSR count). The van der Waals surface area contributed by atoms with Gasteiger partial charge in [-0.15, -0.1) is 6.42 Å². The number of ether oxygens (including phenoxy) is 2. The van der Waals surface area contributed by atoms with Gasteiger partial charge in [-0.25, -0.2) is 0 Å². The monoisotopic (exact) mass is 280 g/mol. The van der Waals surface area contributed by atoms with E-state index in [2.05, 4.69) is 5.92 Å². The van der Waals surface area contributed by atoms with Crippen LogP contribution in [0.4, 0.5) is 0 Å². The van der Waals surface area contributed by atoms with E-state index in [0.29, 0.717) is 12.3 Å². The molecule has 0 aromatic carbocycles. The van der Waals surface area contributed by atoms with Crippen molar-refractivity contribution in [1.82, 2.24) is 0 Å². The summed E-state index contributed by atoms with van der Waals surface area (Å²) in [5, 5.41) is 0. The first kappa shape index (κ1) is 16.6. The standard InChI is InChI=1S/C16H24O4/c1-5-10-19-15(18)13-8-6-12(7-9-13)11-14(17)20-16(2,3)4/h1,12-13H,6-11H2,2-4H3. The lowest BCUT2D eigenvalue weighted by Gasteiger charge is -2.27. The number of terminal acetylenes is 1. The molecule has 1 fully saturated rings. The number of carbonyl (C=O) groups is 2. The zero-order valence-corrected chi connectivity index (χ0v) is 12.6. The maximum absolute atomic E-state index is 11.7. The Balaban J connectivity index is 2.30. The topological polar surface area (TPSA) is 52.6 Å². The highest BCUT2D eigenvalue weighted by atomic mass is 16.6. The van der Waals surface area contributed by atoms with Crippen LogP contribution in [-0.4, -0.2) is 24.1 Å². The SMILES string of the molecule is C#CCOC(=O)C1CCC(CC(=O)OC(C)(C)C)CC1. The average Bonchev–Trinajstić information content (AvgIpc) is 2.34. The maximum Gasteiger partial charge on any atom is 0.309 e. The van der Waals surface area contributed by atoms with Crippen molar-refractivity contribution >= 4 is 11.9 Å². The van der Waals surface area contributed by atoms with Crippen LogP contribution in [0.15, 0.2) is 0 Å². The molecule has 0 aromatic rings. The van der Waals surface area contributed by atoms with Crippen molar-refractivity contribution in [3.63, 3.8) is 0 Å². The van der Waals surface area contributed by atoms with E-state index in [0.717, 1.165) is 25.7 Å². The van der Waals surface area contributed by atoms with E-state index in [-0.39, 0.29) is 24.5 Å². The van der Waals surface area contributed by atoms with Gasteiger partial charge in [0.15, 0.2) is 6.61 Å². The van der Waals surface area contributed by atoms with Crippen LogP contribution < -0.4 is 0 Å². The molecule has 0 aliphatic heterocycles. The van der Waals surface area contributed by atoms with Crippen LogP contribution in [0.1, 0.15) is 52.9 Å². The Morgan fingerprint density at radius 1 is 1.20 bits per heavy atom. The Morgan fingerprint density at radius 3 is 2.30 bits per heavy atom. The molecule has 1 aliphatic rings. The van der Waals surface area contributed by atoms with Crippen LogP contribution in [0.5, 0.6) is 0 Å². The molecule has 0 heterocycles. The fourth-order valence-electron chi connectivity index (χ4n) is 2.45. The number of rotatable bonds is 4. The van der Waals surface area contributed by atoms with Crippen molar-refractivity contribution in [3.8, 4) is 12.3 Å². The first-order valence-electron chi connectivity index (χ1n) is 7.13. The van der Waals surface area contributed by atoms with Crippen LogP contribution in [0, 0.1) is 24.2 Å². The first-order chi connectivity index (χ1) is 9.31. The van der Waals surface area contributed by atoms with Gasteiger partial charge >= 0.3 is 11.9 Å². The number of hydrogen-bond acceptors (Lipinski definition) is 4. The largest absolute Gasteiger partial charge is 0.460 e. The van der Waals surface area contributed by atoms with E-state index >= 15 is 0 Å². The van der Waals surface area contributed by atoms with E-state index in [1.54, 1.807) is 0 Å². The Labute approximate surface area is 121 Å². The van der Waals surface area contributed by atoms with Crippen LogP contribution in [0.25, 0.3) is 0 Å². The molecule has 0 saturated heterocycles. The molecule has 4 heteroatoms. The van der Waals surface area contributed by atoms with E-state index < -0.39 is 5.60 Å². The first-order valence-corrected chi connectivity index (χ1v) is 7.13. The summed E-state index contributed by atoms with van der Waals surface area (Å²) >= 11 is 0. The fourth-order valence-corrected chi connectivity index (χ4v) is 2.45. The summed E-state index contributed by atoms with van der Waals surface area (Å²) in [4.78, 5) is 23.4. The quantitative estimate of drug-likeness (QED) is 0.587. The highest BCUT2D eigenvalue weighted by molar-refractivity contribution is 5.73. The third-order valence-electron chi connectivity index (χ3n) is 3.35. The van der Waals surface area contributed by atoms with Gasteiger partial charge in [0.2, 0.25) is 0 Å². The Bertz CT molecular complexity index is 378. The minimum absolute atomic E-state index is 0.0384. The summed E-state index contributed by atoms with van der Waals surface area (Å²) in [6.45, 7) is 5.63. The van der Waals surface area contributed by atoms with Crippen molar-refractivity contribution in [1.29, 1.82) is 0 Å². The van der Waals surface area contributed by atoms with Crippen LogP contribution in [0.2, 0.25) is 0 Å². The number of esters is 2. The summed E-state index contributed by atoms with van der Waals surface area (Å²) in [6, 6.07) is 0. The Kier molecular flexibility index (Phi) is 6.06. The molecular formula is C16H24O4. The molecular weight excluding hydrogens is 256 g/mol. The molecule has 4 nitrogen and oxygen atoms in total. The lowest BCUT2D eigenvalue weighted by Crippen LogP contribution is -2.28. The van der Waals surface area contributed by atoms with Gasteiger partial charge in [-0.3, -0.25) is 9.59 Å². The molecule has 20 heavy (non-hydrogen) atoms. The lowest BCUT2D eigenvalue weighted by molar-refractivity contribution is -0.156. The van der Waals surface area contributed by atoms with Gasteiger partial charge in [-0.1, -0.05) is 5.92 Å². The zero-order chi connectivity index (χ0) is 15.2. The van der Waals surface area contributed by atoms with Gasteiger partial charge in [0, 0.05) is 6.42 Å². The molecule has 0 radical (unpaired) electrons. The normalized spacial score (nSPS) is 22.7. The second kappa shape index (κ2) is 7.33. The molecule has 1 saturated carbocycles. The van der Waals surface area contributed by atoms with Crippen LogP contribution in [0.3, 0.4) is 0 Å². The number of hydrogen-bond donors (Lipinski definition) is 0. The van der Waals surface area contributed by atoms with Crippen molar-refractivity contribution in [2.75, 3.05) is 6.61 Å². The van der Waals surface area contributed by atoms with Gasteiger partial charge in [0.25, 0.3) is 0 Å². The van der Waals surface area contributed by atoms with Crippen molar-refractivity contribution < 1.29 is 19.1 Å². The zero-order valence-electron chi connectivity index (χ0n) is 12.6. The molecule has 112 valence electrons. The third-order valence-corrected chi connectivity index (χ3v) is 3.35. The van der Waals surface area contributed by atoms with Crippen LogP contribution in [-0.2, 0) is 19.1 Å². The molecule has 0 unspecified atom stereocenters. The molecule has 1 aliphatic carbocycles. The third kappa shape index (κ3) is 6.10. The highest BCUT2D eigenvalue weighted by Gasteiger charge is 2.29. The minimum Gasteiger partial charge on any atom is -0.460 e. The molecule has 0 aromatic heterocycles. The smallest absolute Gasteiger partial charge is 0.309 e. The van der Waals surface area contributed by atoms with Gasteiger partial charge < -0.3 is 9.47 Å². The Morgan fingerprint density at radius 2 is 1.80 bits per heavy atom. The van der Waals surface area contributed by atoms with Crippen molar-refractivity contribution in [3.05, 3.63) is 0 Å². The average molecular weight is 280 g/mol. The van der Waals surface area contributed by atoms with E-state index in [9.17, 15) is 9.59 Å². The molecule has 0 amide bonds. The van der Waals surface area contributed by atoms with Crippen LogP contribution >= 0.6 is 0 Å². The van der Waals surface area contributed by atoms with E-state index in [4.69, 9.17) is 15.9 Å². The van der Waals surface area contributed by atoms with Gasteiger partial charge in [0.05, 0.1) is 5.92 Å². The molecule has 0 atom stereocenters. The summed E-state index contributed by atoms with van der Waals surface area (Å²) < 4.78 is 10.3. The molecule has 0 bridgehead atoms. The summed E-state index contributed by atoms with van der Waals surface area (Å²) in [6.07, 6.45) is 8.72. The maximum atomic E-state index is 11.7. The summed E-state index contributed by atoms with van der Waals surface area (Å²) in [7, 11) is 0. The van der Waals surface area contributed by atoms with Gasteiger partial charge in [-0.2, -0.15) is 0 Å². The summed E-state index contributed by atoms with van der Waals surface area (Å²) in [5.74, 6) is 2.16. The number of carbonyl (C=O) groups excluding carboxylic acids is 2. The van der Waals surface area contributed by atoms with E-state index in [1.165, 1.54) is 0 Å². The molecule has 0 N–H and O–H groups in total. The van der Waals surface area contributed by atoms with Crippen molar-refractivity contribution in [2.24, 2.45) is 11.8 Å². The summed E-state index contributed by atoms with van der Waals surface area (Å²) in [5.41, 5.74) is -0.437. The second-order valence-electron chi connectivity index (χ2n) is 6.32.